The lowest BCUT2D eigenvalue weighted by Gasteiger charge is -2.29. The minimum Gasteiger partial charge on any atom is -0.480 e. The summed E-state index contributed by atoms with van der Waals surface area (Å²) in [6, 6.07) is 5.13. The van der Waals surface area contributed by atoms with Crippen LogP contribution >= 0.6 is 0 Å². The van der Waals surface area contributed by atoms with Crippen molar-refractivity contribution in [2.75, 3.05) is 31.2 Å². The predicted octanol–water partition coefficient (Wildman–Crippen LogP) is 2.20. The highest BCUT2D eigenvalue weighted by Crippen LogP contribution is 2.34. The topological polar surface area (TPSA) is 21.7 Å². The Kier molecular flexibility index (Phi) is 2.89. The molecule has 3 nitrogen and oxygen atoms in total. The van der Waals surface area contributed by atoms with Gasteiger partial charge in [0.2, 0.25) is 0 Å². The zero-order valence-corrected chi connectivity index (χ0v) is 9.69. The molecule has 0 amide bonds. The molecule has 17 heavy (non-hydrogen) atoms. The number of benzene rings is 1. The summed E-state index contributed by atoms with van der Waals surface area (Å²) in [5.74, 6) is 0.115. The lowest BCUT2D eigenvalue weighted by molar-refractivity contribution is -0.0806. The van der Waals surface area contributed by atoms with Crippen LogP contribution in [-0.2, 0) is 4.74 Å². The fraction of sp³-hybridized carbons (Fsp3) is 0.538. The molecule has 1 aromatic carbocycles. The van der Waals surface area contributed by atoms with Crippen LogP contribution in [0.2, 0.25) is 0 Å². The smallest absolute Gasteiger partial charge is 0.178 e. The third-order valence-corrected chi connectivity index (χ3v) is 3.28. The first kappa shape index (κ1) is 10.8. The number of hydrogen-bond acceptors (Lipinski definition) is 3. The first-order valence-electron chi connectivity index (χ1n) is 6.12. The Labute approximate surface area is 100 Å². The standard InChI is InChI=1S/C13H16FNO2/c14-11-4-3-5-12(15-6-1-2-7-15)13(11)17-10-8-16-9-10/h3-5,10H,1-2,6-9H2. The molecule has 0 aliphatic carbocycles. The van der Waals surface area contributed by atoms with Crippen molar-refractivity contribution in [3.05, 3.63) is 24.0 Å². The summed E-state index contributed by atoms with van der Waals surface area (Å²) in [6.07, 6.45) is 2.35. The van der Waals surface area contributed by atoms with Crippen LogP contribution < -0.4 is 9.64 Å². The van der Waals surface area contributed by atoms with E-state index in [1.165, 1.54) is 18.9 Å². The lowest BCUT2D eigenvalue weighted by atomic mass is 10.2. The van der Waals surface area contributed by atoms with E-state index < -0.39 is 0 Å². The second kappa shape index (κ2) is 4.53. The van der Waals surface area contributed by atoms with E-state index in [9.17, 15) is 4.39 Å². The summed E-state index contributed by atoms with van der Waals surface area (Å²) in [6.45, 7) is 3.10. The zero-order chi connectivity index (χ0) is 11.7. The van der Waals surface area contributed by atoms with Crippen LogP contribution in [0.5, 0.6) is 5.75 Å². The molecule has 1 aromatic rings. The molecule has 0 unspecified atom stereocenters. The van der Waals surface area contributed by atoms with Crippen molar-refractivity contribution in [3.63, 3.8) is 0 Å². The summed E-state index contributed by atoms with van der Waals surface area (Å²) < 4.78 is 24.6. The Hall–Kier alpha value is -1.29. The number of halogens is 1. The molecule has 0 aromatic heterocycles. The van der Waals surface area contributed by atoms with Crippen LogP contribution in [0.15, 0.2) is 18.2 Å². The summed E-state index contributed by atoms with van der Waals surface area (Å²) in [5.41, 5.74) is 0.884. The van der Waals surface area contributed by atoms with Crippen molar-refractivity contribution in [2.24, 2.45) is 0 Å². The van der Waals surface area contributed by atoms with Gasteiger partial charge >= 0.3 is 0 Å². The van der Waals surface area contributed by atoms with E-state index in [1.54, 1.807) is 6.07 Å². The van der Waals surface area contributed by atoms with E-state index in [4.69, 9.17) is 9.47 Å². The average molecular weight is 237 g/mol. The van der Waals surface area contributed by atoms with Gasteiger partial charge in [-0.2, -0.15) is 0 Å². The van der Waals surface area contributed by atoms with E-state index in [1.807, 2.05) is 6.07 Å². The van der Waals surface area contributed by atoms with E-state index in [-0.39, 0.29) is 11.9 Å². The van der Waals surface area contributed by atoms with Crippen molar-refractivity contribution in [2.45, 2.75) is 18.9 Å². The molecule has 2 aliphatic rings. The average Bonchev–Trinajstić information content (AvgIpc) is 2.78. The van der Waals surface area contributed by atoms with Crippen molar-refractivity contribution >= 4 is 5.69 Å². The first-order chi connectivity index (χ1) is 8.34. The highest BCUT2D eigenvalue weighted by molar-refractivity contribution is 5.59. The third kappa shape index (κ3) is 2.09. The fourth-order valence-electron chi connectivity index (χ4n) is 2.27. The Balaban J connectivity index is 1.86. The Morgan fingerprint density at radius 3 is 2.65 bits per heavy atom. The second-order valence-electron chi connectivity index (χ2n) is 4.56. The monoisotopic (exact) mass is 237 g/mol. The zero-order valence-electron chi connectivity index (χ0n) is 9.69. The minimum absolute atomic E-state index is 0.00764. The molecular formula is C13H16FNO2. The molecule has 2 aliphatic heterocycles. The Morgan fingerprint density at radius 2 is 2.00 bits per heavy atom. The molecule has 0 bridgehead atoms. The maximum absolute atomic E-state index is 13.8. The summed E-state index contributed by atoms with van der Waals surface area (Å²) in [7, 11) is 0. The maximum atomic E-state index is 13.8. The van der Waals surface area contributed by atoms with Gasteiger partial charge in [-0.3, -0.25) is 0 Å². The van der Waals surface area contributed by atoms with Gasteiger partial charge in [-0.15, -0.1) is 0 Å². The van der Waals surface area contributed by atoms with Gasteiger partial charge in [0.25, 0.3) is 0 Å². The van der Waals surface area contributed by atoms with Gasteiger partial charge in [-0.1, -0.05) is 6.07 Å². The summed E-state index contributed by atoms with van der Waals surface area (Å²) in [4.78, 5) is 2.19. The van der Waals surface area contributed by atoms with Crippen LogP contribution in [-0.4, -0.2) is 32.4 Å². The predicted molar refractivity (Wildman–Crippen MR) is 63.1 cm³/mol. The van der Waals surface area contributed by atoms with Crippen molar-refractivity contribution in [1.82, 2.24) is 0 Å². The first-order valence-corrected chi connectivity index (χ1v) is 6.12. The number of hydrogen-bond donors (Lipinski definition) is 0. The molecule has 0 atom stereocenters. The lowest BCUT2D eigenvalue weighted by Crippen LogP contribution is -2.39. The molecule has 0 saturated carbocycles. The SMILES string of the molecule is Fc1cccc(N2CCCC2)c1OC1COC1. The number of rotatable bonds is 3. The number of ether oxygens (including phenoxy) is 2. The van der Waals surface area contributed by atoms with Crippen molar-refractivity contribution < 1.29 is 13.9 Å². The van der Waals surface area contributed by atoms with Gasteiger partial charge in [0, 0.05) is 13.1 Å². The van der Waals surface area contributed by atoms with Gasteiger partial charge in [0.05, 0.1) is 18.9 Å². The quantitative estimate of drug-likeness (QED) is 0.804. The van der Waals surface area contributed by atoms with Crippen LogP contribution in [0, 0.1) is 5.82 Å². The number of anilines is 1. The molecule has 0 spiro atoms. The third-order valence-electron chi connectivity index (χ3n) is 3.28. The van der Waals surface area contributed by atoms with E-state index in [0.29, 0.717) is 19.0 Å². The summed E-state index contributed by atoms with van der Waals surface area (Å²) >= 11 is 0. The second-order valence-corrected chi connectivity index (χ2v) is 4.56. The highest BCUT2D eigenvalue weighted by Gasteiger charge is 2.25. The molecule has 3 rings (SSSR count). The molecule has 2 fully saturated rings. The van der Waals surface area contributed by atoms with Crippen LogP contribution in [0.1, 0.15) is 12.8 Å². The van der Waals surface area contributed by atoms with Crippen molar-refractivity contribution in [1.29, 1.82) is 0 Å². The molecular weight excluding hydrogens is 221 g/mol. The minimum atomic E-state index is -0.277. The highest BCUT2D eigenvalue weighted by atomic mass is 19.1. The van der Waals surface area contributed by atoms with Crippen LogP contribution in [0.4, 0.5) is 10.1 Å². The maximum Gasteiger partial charge on any atom is 0.178 e. The molecule has 4 heteroatoms. The fourth-order valence-corrected chi connectivity index (χ4v) is 2.27. The number of para-hydroxylation sites is 1. The van der Waals surface area contributed by atoms with Gasteiger partial charge in [0.1, 0.15) is 6.10 Å². The van der Waals surface area contributed by atoms with E-state index >= 15 is 0 Å². The molecule has 0 N–H and O–H groups in total. The van der Waals surface area contributed by atoms with Crippen LogP contribution in [0.25, 0.3) is 0 Å². The molecule has 0 radical (unpaired) electrons. The Bertz CT molecular complexity index is 400. The molecule has 2 saturated heterocycles. The van der Waals surface area contributed by atoms with Crippen LogP contribution in [0.3, 0.4) is 0 Å². The molecule has 2 heterocycles. The number of nitrogens with zero attached hydrogens (tertiary/aromatic N) is 1. The van der Waals surface area contributed by atoms with Gasteiger partial charge in [0.15, 0.2) is 11.6 Å². The van der Waals surface area contributed by atoms with E-state index in [0.717, 1.165) is 18.8 Å². The largest absolute Gasteiger partial charge is 0.480 e. The summed E-state index contributed by atoms with van der Waals surface area (Å²) in [5, 5.41) is 0. The molecule has 92 valence electrons. The van der Waals surface area contributed by atoms with E-state index in [2.05, 4.69) is 4.90 Å². The van der Waals surface area contributed by atoms with Gasteiger partial charge < -0.3 is 14.4 Å². The normalized spacial score (nSPS) is 20.4. The Morgan fingerprint density at radius 1 is 1.24 bits per heavy atom. The van der Waals surface area contributed by atoms with Gasteiger partial charge in [-0.25, -0.2) is 4.39 Å². The van der Waals surface area contributed by atoms with Gasteiger partial charge in [-0.05, 0) is 25.0 Å². The van der Waals surface area contributed by atoms with Crippen molar-refractivity contribution in [3.8, 4) is 5.75 Å².